The Hall–Kier alpha value is -3.88. The lowest BCUT2D eigenvalue weighted by Crippen LogP contribution is -2.44. The number of nitrogen functional groups attached to an aromatic ring is 1. The minimum Gasteiger partial charge on any atom is -0.383 e. The van der Waals surface area contributed by atoms with Crippen molar-refractivity contribution in [1.29, 1.82) is 0 Å². The van der Waals surface area contributed by atoms with Crippen molar-refractivity contribution < 1.29 is 31.5 Å². The van der Waals surface area contributed by atoms with Gasteiger partial charge in [-0.25, -0.2) is 23.7 Å². The van der Waals surface area contributed by atoms with Crippen LogP contribution in [0.4, 0.5) is 33.6 Å². The number of amides is 2. The molecule has 0 aliphatic carbocycles. The molecule has 4 aromatic rings. The molecule has 1 fully saturated rings. The van der Waals surface area contributed by atoms with E-state index in [4.69, 9.17) is 5.73 Å². The summed E-state index contributed by atoms with van der Waals surface area (Å²) in [6.07, 6.45) is -5.29. The Morgan fingerprint density at radius 3 is 2.60 bits per heavy atom. The quantitative estimate of drug-likeness (QED) is 0.251. The number of anilines is 2. The topological polar surface area (TPSA) is 119 Å². The predicted octanol–water partition coefficient (Wildman–Crippen LogP) is 4.68. The highest BCUT2D eigenvalue weighted by molar-refractivity contribution is 9.10. The summed E-state index contributed by atoms with van der Waals surface area (Å²) in [4.78, 5) is 39.7. The largest absolute Gasteiger partial charge is 0.416 e. The molecule has 0 saturated carbocycles. The molecule has 9 nitrogen and oxygen atoms in total. The van der Waals surface area contributed by atoms with Crippen molar-refractivity contribution in [1.82, 2.24) is 24.4 Å². The van der Waals surface area contributed by atoms with Gasteiger partial charge in [0.05, 0.1) is 23.0 Å². The van der Waals surface area contributed by atoms with E-state index in [1.807, 2.05) is 0 Å². The highest BCUT2D eigenvalue weighted by Crippen LogP contribution is 2.38. The van der Waals surface area contributed by atoms with Gasteiger partial charge in [0.15, 0.2) is 5.82 Å². The van der Waals surface area contributed by atoms with Crippen molar-refractivity contribution in [2.45, 2.75) is 45.2 Å². The number of carbonyl (C=O) groups is 2. The van der Waals surface area contributed by atoms with Gasteiger partial charge in [-0.3, -0.25) is 9.59 Å². The Labute approximate surface area is 231 Å². The van der Waals surface area contributed by atoms with Crippen molar-refractivity contribution in [3.05, 3.63) is 51.6 Å². The number of alkyl halides is 4. The second kappa shape index (κ2) is 9.94. The van der Waals surface area contributed by atoms with Crippen LogP contribution in [0.2, 0.25) is 0 Å². The number of hydrogen-bond acceptors (Lipinski definition) is 6. The Kier molecular flexibility index (Phi) is 6.88. The zero-order valence-electron chi connectivity index (χ0n) is 21.0. The van der Waals surface area contributed by atoms with E-state index < -0.39 is 48.1 Å². The molecule has 210 valence electrons. The van der Waals surface area contributed by atoms with Gasteiger partial charge in [0, 0.05) is 11.8 Å². The smallest absolute Gasteiger partial charge is 0.383 e. The van der Waals surface area contributed by atoms with E-state index in [0.29, 0.717) is 5.56 Å². The minimum absolute atomic E-state index is 0.0404. The van der Waals surface area contributed by atoms with Crippen LogP contribution in [-0.4, -0.2) is 55.0 Å². The van der Waals surface area contributed by atoms with Crippen LogP contribution in [0, 0.1) is 19.7 Å². The fourth-order valence-electron chi connectivity index (χ4n) is 5.02. The van der Waals surface area contributed by atoms with Gasteiger partial charge in [-0.2, -0.15) is 13.2 Å². The second-order valence-corrected chi connectivity index (χ2v) is 10.3. The van der Waals surface area contributed by atoms with Crippen LogP contribution in [0.3, 0.4) is 0 Å². The summed E-state index contributed by atoms with van der Waals surface area (Å²) >= 11 is 2.95. The van der Waals surface area contributed by atoms with Gasteiger partial charge in [-0.15, -0.1) is 0 Å². The summed E-state index contributed by atoms with van der Waals surface area (Å²) in [5.41, 5.74) is 6.02. The van der Waals surface area contributed by atoms with Gasteiger partial charge in [0.25, 0.3) is 0 Å². The van der Waals surface area contributed by atoms with Gasteiger partial charge in [0.1, 0.15) is 47.0 Å². The van der Waals surface area contributed by atoms with Crippen molar-refractivity contribution in [3.63, 3.8) is 0 Å². The van der Waals surface area contributed by atoms with Crippen LogP contribution in [-0.2, 0) is 22.3 Å². The van der Waals surface area contributed by atoms with Crippen LogP contribution in [0.25, 0.3) is 21.9 Å². The average Bonchev–Trinajstić information content (AvgIpc) is 3.41. The maximum atomic E-state index is 14.5. The first-order valence-electron chi connectivity index (χ1n) is 11.9. The molecule has 1 aliphatic rings. The zero-order chi connectivity index (χ0) is 29.1. The van der Waals surface area contributed by atoms with Gasteiger partial charge < -0.3 is 20.5 Å². The van der Waals surface area contributed by atoms with Crippen molar-refractivity contribution in [2.24, 2.45) is 0 Å². The molecule has 2 atom stereocenters. The lowest BCUT2D eigenvalue weighted by Gasteiger charge is -2.24. The Morgan fingerprint density at radius 1 is 1.18 bits per heavy atom. The SMILES string of the molecule is Cc1cc(F)c(Br)nc1NC(=O)[C@H]1C[C@@H](F)CN1C(=O)Cn1c2ncnc(N)c2c2cc(C(F)(F)F)cc(C)c21. The van der Waals surface area contributed by atoms with Crippen LogP contribution >= 0.6 is 15.9 Å². The number of nitrogens with zero attached hydrogens (tertiary/aromatic N) is 5. The number of aromatic nitrogens is 4. The van der Waals surface area contributed by atoms with Crippen molar-refractivity contribution in [3.8, 4) is 0 Å². The maximum Gasteiger partial charge on any atom is 0.416 e. The van der Waals surface area contributed by atoms with E-state index in [9.17, 15) is 31.5 Å². The first-order valence-corrected chi connectivity index (χ1v) is 12.7. The normalized spacial score (nSPS) is 17.6. The molecule has 0 unspecified atom stereocenters. The lowest BCUT2D eigenvalue weighted by molar-refractivity contribution is -0.137. The summed E-state index contributed by atoms with van der Waals surface area (Å²) in [5.74, 6) is -2.05. The number of aryl methyl sites for hydroxylation is 2. The van der Waals surface area contributed by atoms with E-state index in [1.165, 1.54) is 18.4 Å². The molecule has 0 spiro atoms. The minimum atomic E-state index is -4.63. The molecule has 0 bridgehead atoms. The number of likely N-dealkylation sites (tertiary alicyclic amines) is 1. The Bertz CT molecular complexity index is 1690. The standard InChI is InChI=1S/C25H21BrF5N7O2/c1-10-3-12(25(29,30)31)5-14-18-21(32)33-9-34-23(18)38(19(10)14)8-17(39)37-7-13(27)6-16(37)24(40)36-22-11(2)4-15(28)20(26)35-22/h3-5,9,13,16H,6-8H2,1-2H3,(H2,32,33,34)(H,35,36,40)/t13-,16-/m1/s1. The first-order chi connectivity index (χ1) is 18.8. The summed E-state index contributed by atoms with van der Waals surface area (Å²) in [6.45, 7) is 2.15. The molecular formula is C25H21BrF5N7O2. The fraction of sp³-hybridized carbons (Fsp3) is 0.320. The van der Waals surface area contributed by atoms with Crippen molar-refractivity contribution >= 4 is 61.3 Å². The third-order valence-electron chi connectivity index (χ3n) is 6.81. The first kappa shape index (κ1) is 27.7. The van der Waals surface area contributed by atoms with Gasteiger partial charge in [0.2, 0.25) is 11.8 Å². The van der Waals surface area contributed by atoms with E-state index in [2.05, 4.69) is 36.2 Å². The number of nitrogens with two attached hydrogens (primary N) is 1. The van der Waals surface area contributed by atoms with Gasteiger partial charge in [-0.05, 0) is 59.1 Å². The number of hydrogen-bond donors (Lipinski definition) is 2. The number of rotatable bonds is 4. The highest BCUT2D eigenvalue weighted by atomic mass is 79.9. The third kappa shape index (κ3) is 4.82. The molecule has 3 aromatic heterocycles. The van der Waals surface area contributed by atoms with E-state index in [0.717, 1.165) is 29.4 Å². The lowest BCUT2D eigenvalue weighted by atomic mass is 10.1. The molecule has 1 aromatic carbocycles. The number of nitrogens with one attached hydrogen (secondary N) is 1. The highest BCUT2D eigenvalue weighted by Gasteiger charge is 2.40. The molecule has 5 rings (SSSR count). The van der Waals surface area contributed by atoms with Crippen LogP contribution in [0.1, 0.15) is 23.1 Å². The van der Waals surface area contributed by atoms with E-state index in [-0.39, 0.29) is 56.7 Å². The summed E-state index contributed by atoms with van der Waals surface area (Å²) in [7, 11) is 0. The average molecular weight is 626 g/mol. The summed E-state index contributed by atoms with van der Waals surface area (Å²) in [5, 5.41) is 2.77. The van der Waals surface area contributed by atoms with E-state index >= 15 is 0 Å². The molecule has 40 heavy (non-hydrogen) atoms. The molecule has 15 heteroatoms. The molecule has 3 N–H and O–H groups in total. The molecule has 1 aliphatic heterocycles. The number of carbonyl (C=O) groups excluding carboxylic acids is 2. The number of halogens is 6. The zero-order valence-corrected chi connectivity index (χ0v) is 22.6. The molecular weight excluding hydrogens is 605 g/mol. The predicted molar refractivity (Wildman–Crippen MR) is 139 cm³/mol. The van der Waals surface area contributed by atoms with Crippen LogP contribution in [0.15, 0.2) is 29.1 Å². The number of fused-ring (bicyclic) bond motifs is 3. The monoisotopic (exact) mass is 625 g/mol. The molecule has 2 amide bonds. The third-order valence-corrected chi connectivity index (χ3v) is 7.37. The summed E-state index contributed by atoms with van der Waals surface area (Å²) < 4.78 is 70.3. The van der Waals surface area contributed by atoms with Crippen LogP contribution in [0.5, 0.6) is 0 Å². The second-order valence-electron chi connectivity index (χ2n) is 9.54. The maximum absolute atomic E-state index is 14.5. The van der Waals surface area contributed by atoms with Gasteiger partial charge >= 0.3 is 6.18 Å². The van der Waals surface area contributed by atoms with Gasteiger partial charge in [-0.1, -0.05) is 0 Å². The van der Waals surface area contributed by atoms with Crippen LogP contribution < -0.4 is 11.1 Å². The Morgan fingerprint density at radius 2 is 1.90 bits per heavy atom. The fourth-order valence-corrected chi connectivity index (χ4v) is 5.32. The van der Waals surface area contributed by atoms with E-state index in [1.54, 1.807) is 0 Å². The molecule has 4 heterocycles. The summed E-state index contributed by atoms with van der Waals surface area (Å²) in [6, 6.07) is 1.82. The number of benzene rings is 1. The molecule has 0 radical (unpaired) electrons. The Balaban J connectivity index is 1.51. The van der Waals surface area contributed by atoms with Crippen molar-refractivity contribution in [2.75, 3.05) is 17.6 Å². The number of pyridine rings is 1. The molecule has 1 saturated heterocycles.